The van der Waals surface area contributed by atoms with Gasteiger partial charge in [0, 0.05) is 11.6 Å². The molecule has 3 rings (SSSR count). The first-order valence-corrected chi connectivity index (χ1v) is 7.30. The van der Waals surface area contributed by atoms with Crippen molar-refractivity contribution in [3.05, 3.63) is 53.1 Å². The van der Waals surface area contributed by atoms with E-state index < -0.39 is 0 Å². The molecule has 1 aliphatic rings. The zero-order valence-corrected chi connectivity index (χ0v) is 12.4. The third kappa shape index (κ3) is 2.54. The average molecular weight is 288 g/mol. The van der Waals surface area contributed by atoms with Crippen LogP contribution in [0.1, 0.15) is 25.5 Å². The second-order valence-corrected chi connectivity index (χ2v) is 5.83. The molecule has 0 spiro atoms. The Labute approximate surface area is 124 Å². The van der Waals surface area contributed by atoms with Crippen molar-refractivity contribution in [3.63, 3.8) is 0 Å². The summed E-state index contributed by atoms with van der Waals surface area (Å²) in [7, 11) is 0. The van der Waals surface area contributed by atoms with E-state index in [0.717, 1.165) is 16.9 Å². The second-order valence-electron chi connectivity index (χ2n) is 5.43. The zero-order valence-electron chi connectivity index (χ0n) is 11.7. The molecule has 0 amide bonds. The Morgan fingerprint density at radius 3 is 2.60 bits per heavy atom. The van der Waals surface area contributed by atoms with Gasteiger partial charge in [-0.05, 0) is 23.3 Å². The van der Waals surface area contributed by atoms with Gasteiger partial charge in [0.15, 0.2) is 0 Å². The largest absolute Gasteiger partial charge is 0.490 e. The lowest BCUT2D eigenvalue weighted by Gasteiger charge is -2.15. The number of benzene rings is 2. The predicted molar refractivity (Wildman–Crippen MR) is 83.4 cm³/mol. The van der Waals surface area contributed by atoms with Gasteiger partial charge in [0.2, 0.25) is 0 Å². The first-order chi connectivity index (χ1) is 9.65. The number of rotatable bonds is 3. The van der Waals surface area contributed by atoms with Crippen LogP contribution in [-0.4, -0.2) is 12.6 Å². The predicted octanol–water partition coefficient (Wildman–Crippen LogP) is 4.44. The van der Waals surface area contributed by atoms with Crippen LogP contribution in [-0.2, 0) is 0 Å². The van der Waals surface area contributed by atoms with Gasteiger partial charge in [-0.2, -0.15) is 0 Å². The Kier molecular flexibility index (Phi) is 3.68. The Morgan fingerprint density at radius 1 is 1.15 bits per heavy atom. The number of ether oxygens (including phenoxy) is 1. The zero-order chi connectivity index (χ0) is 14.1. The van der Waals surface area contributed by atoms with E-state index >= 15 is 0 Å². The Morgan fingerprint density at radius 2 is 1.90 bits per heavy atom. The average Bonchev–Trinajstić information content (AvgIpc) is 2.83. The minimum absolute atomic E-state index is 0.214. The van der Waals surface area contributed by atoms with Crippen LogP contribution in [0.15, 0.2) is 42.5 Å². The first kappa shape index (κ1) is 13.5. The molecule has 0 saturated heterocycles. The summed E-state index contributed by atoms with van der Waals surface area (Å²) in [6.45, 7) is 4.92. The van der Waals surface area contributed by atoms with Crippen LogP contribution in [0.25, 0.3) is 11.1 Å². The molecule has 2 aromatic rings. The van der Waals surface area contributed by atoms with Gasteiger partial charge in [0.05, 0.1) is 11.1 Å². The molecule has 1 unspecified atom stereocenters. The summed E-state index contributed by atoms with van der Waals surface area (Å²) in [5.41, 5.74) is 3.47. The Hall–Kier alpha value is -1.51. The van der Waals surface area contributed by atoms with Crippen molar-refractivity contribution in [1.82, 2.24) is 5.32 Å². The van der Waals surface area contributed by atoms with Crippen LogP contribution in [0, 0.1) is 0 Å². The van der Waals surface area contributed by atoms with Crippen molar-refractivity contribution in [3.8, 4) is 16.9 Å². The van der Waals surface area contributed by atoms with Gasteiger partial charge in [-0.15, -0.1) is 0 Å². The summed E-state index contributed by atoms with van der Waals surface area (Å²) in [5, 5.41) is 4.21. The quantitative estimate of drug-likeness (QED) is 0.901. The summed E-state index contributed by atoms with van der Waals surface area (Å²) in [6.07, 6.45) is 0. The fourth-order valence-electron chi connectivity index (χ4n) is 2.62. The van der Waals surface area contributed by atoms with E-state index in [1.165, 1.54) is 5.56 Å². The highest BCUT2D eigenvalue weighted by molar-refractivity contribution is 6.32. The second kappa shape index (κ2) is 5.47. The molecule has 1 aliphatic heterocycles. The standard InChI is InChI=1S/C17H18ClNO/c1-11(2)19-16-10-20-17-14(16)8-13(9-15(17)18)12-6-4-3-5-7-12/h3-9,11,16,19H,10H2,1-2H3. The summed E-state index contributed by atoms with van der Waals surface area (Å²) in [5.74, 6) is 0.824. The molecule has 1 N–H and O–H groups in total. The number of nitrogens with one attached hydrogen (secondary N) is 1. The van der Waals surface area contributed by atoms with Crippen molar-refractivity contribution < 1.29 is 4.74 Å². The van der Waals surface area contributed by atoms with Crippen LogP contribution in [0.2, 0.25) is 5.02 Å². The highest BCUT2D eigenvalue weighted by Gasteiger charge is 2.27. The van der Waals surface area contributed by atoms with E-state index in [1.807, 2.05) is 24.3 Å². The Bertz CT molecular complexity index is 610. The van der Waals surface area contributed by atoms with E-state index in [1.54, 1.807) is 0 Å². The van der Waals surface area contributed by atoms with Gasteiger partial charge < -0.3 is 10.1 Å². The number of fused-ring (bicyclic) bond motifs is 1. The molecule has 3 heteroatoms. The molecule has 0 bridgehead atoms. The summed E-state index contributed by atoms with van der Waals surface area (Å²) >= 11 is 6.37. The first-order valence-electron chi connectivity index (χ1n) is 6.93. The van der Waals surface area contributed by atoms with Crippen LogP contribution in [0.3, 0.4) is 0 Å². The fourth-order valence-corrected chi connectivity index (χ4v) is 2.90. The molecular formula is C17H18ClNO. The summed E-state index contributed by atoms with van der Waals surface area (Å²) < 4.78 is 5.74. The van der Waals surface area contributed by atoms with E-state index in [2.05, 4.69) is 37.4 Å². The van der Waals surface area contributed by atoms with Gasteiger partial charge in [-0.3, -0.25) is 0 Å². The fraction of sp³-hybridized carbons (Fsp3) is 0.294. The van der Waals surface area contributed by atoms with E-state index in [-0.39, 0.29) is 6.04 Å². The van der Waals surface area contributed by atoms with Gasteiger partial charge in [-0.25, -0.2) is 0 Å². The van der Waals surface area contributed by atoms with Crippen molar-refractivity contribution in [1.29, 1.82) is 0 Å². The van der Waals surface area contributed by atoms with Gasteiger partial charge >= 0.3 is 0 Å². The van der Waals surface area contributed by atoms with Crippen molar-refractivity contribution in [2.45, 2.75) is 25.9 Å². The lowest BCUT2D eigenvalue weighted by Crippen LogP contribution is -2.28. The maximum Gasteiger partial charge on any atom is 0.142 e. The molecule has 1 atom stereocenters. The molecule has 1 heterocycles. The number of halogens is 1. The van der Waals surface area contributed by atoms with Crippen molar-refractivity contribution in [2.75, 3.05) is 6.61 Å². The molecule has 0 saturated carbocycles. The minimum atomic E-state index is 0.214. The highest BCUT2D eigenvalue weighted by Crippen LogP contribution is 2.41. The highest BCUT2D eigenvalue weighted by atomic mass is 35.5. The molecule has 20 heavy (non-hydrogen) atoms. The van der Waals surface area contributed by atoms with Gasteiger partial charge in [0.1, 0.15) is 12.4 Å². The van der Waals surface area contributed by atoms with Gasteiger partial charge in [0.25, 0.3) is 0 Å². The molecule has 0 fully saturated rings. The van der Waals surface area contributed by atoms with E-state index in [0.29, 0.717) is 17.7 Å². The lowest BCUT2D eigenvalue weighted by atomic mass is 9.99. The minimum Gasteiger partial charge on any atom is -0.490 e. The third-order valence-corrected chi connectivity index (χ3v) is 3.76. The van der Waals surface area contributed by atoms with E-state index in [9.17, 15) is 0 Å². The van der Waals surface area contributed by atoms with Crippen LogP contribution >= 0.6 is 11.6 Å². The number of hydrogen-bond acceptors (Lipinski definition) is 2. The molecule has 2 nitrogen and oxygen atoms in total. The Balaban J connectivity index is 2.02. The SMILES string of the molecule is CC(C)NC1COc2c(Cl)cc(-c3ccccc3)cc21. The number of hydrogen-bond donors (Lipinski definition) is 1. The van der Waals surface area contributed by atoms with Crippen molar-refractivity contribution in [2.24, 2.45) is 0 Å². The molecular weight excluding hydrogens is 270 g/mol. The van der Waals surface area contributed by atoms with Crippen molar-refractivity contribution >= 4 is 11.6 Å². The normalized spacial score (nSPS) is 17.1. The topological polar surface area (TPSA) is 21.3 Å². The van der Waals surface area contributed by atoms with E-state index in [4.69, 9.17) is 16.3 Å². The van der Waals surface area contributed by atoms with Gasteiger partial charge in [-0.1, -0.05) is 55.8 Å². The monoisotopic (exact) mass is 287 g/mol. The molecule has 0 radical (unpaired) electrons. The molecule has 0 aromatic heterocycles. The smallest absolute Gasteiger partial charge is 0.142 e. The molecule has 2 aromatic carbocycles. The van der Waals surface area contributed by atoms with Crippen LogP contribution < -0.4 is 10.1 Å². The summed E-state index contributed by atoms with van der Waals surface area (Å²) in [4.78, 5) is 0. The van der Waals surface area contributed by atoms with Crippen LogP contribution in [0.4, 0.5) is 0 Å². The van der Waals surface area contributed by atoms with Crippen LogP contribution in [0.5, 0.6) is 5.75 Å². The molecule has 0 aliphatic carbocycles. The lowest BCUT2D eigenvalue weighted by molar-refractivity contribution is 0.303. The maximum atomic E-state index is 6.37. The maximum absolute atomic E-state index is 6.37. The molecule has 104 valence electrons. The third-order valence-electron chi connectivity index (χ3n) is 3.48. The summed E-state index contributed by atoms with van der Waals surface area (Å²) in [6, 6.07) is 15.1.